The van der Waals surface area contributed by atoms with Gasteiger partial charge in [-0.3, -0.25) is 19.3 Å². The van der Waals surface area contributed by atoms with Crippen molar-refractivity contribution in [1.82, 2.24) is 15.2 Å². The molecule has 3 N–H and O–H groups in total. The van der Waals surface area contributed by atoms with Gasteiger partial charge >= 0.3 is 11.9 Å². The summed E-state index contributed by atoms with van der Waals surface area (Å²) in [5.74, 6) is -3.03. The van der Waals surface area contributed by atoms with E-state index in [-0.39, 0.29) is 29.5 Å². The van der Waals surface area contributed by atoms with Gasteiger partial charge in [-0.05, 0) is 16.7 Å². The molecule has 2 aliphatic rings. The number of hydrogen-bond donors (Lipinski definition) is 3. The normalized spacial score (nSPS) is 17.5. The third-order valence-corrected chi connectivity index (χ3v) is 10.1. The molecule has 6 rings (SSSR count). The number of hydrogen-bond acceptors (Lipinski definition) is 11. The molecule has 3 aromatic carbocycles. The largest absolute Gasteiger partial charge is 0.477 e. The molecule has 1 aromatic heterocycles. The first-order valence-corrected chi connectivity index (χ1v) is 17.0. The minimum Gasteiger partial charge on any atom is -0.477 e. The van der Waals surface area contributed by atoms with Gasteiger partial charge < -0.3 is 25.3 Å². The smallest absolute Gasteiger partial charge is 0.352 e. The molecule has 2 aliphatic heterocycles. The first-order valence-electron chi connectivity index (χ1n) is 15.1. The second-order valence-corrected chi connectivity index (χ2v) is 13.0. The fourth-order valence-electron chi connectivity index (χ4n) is 5.87. The van der Waals surface area contributed by atoms with Crippen molar-refractivity contribution in [2.75, 3.05) is 24.8 Å². The molecule has 250 valence electrons. The Bertz CT molecular complexity index is 1840. The quantitative estimate of drug-likeness (QED) is 0.0644. The molecule has 12 nitrogen and oxygen atoms in total. The summed E-state index contributed by atoms with van der Waals surface area (Å²) in [5.41, 5.74) is 2.15. The Kier molecular flexibility index (Phi) is 9.78. The van der Waals surface area contributed by atoms with Crippen LogP contribution in [0.4, 0.5) is 5.13 Å². The van der Waals surface area contributed by atoms with Gasteiger partial charge in [0.1, 0.15) is 42.1 Å². The SMILES string of the molecule is CO/N=C(/C(=O)NC1C(=O)N2C(C(=O)O)=C(COC(C)=O)CSC12)c1csc(NC(c2ccccc2)(c2ccccc2)c2ccccc2)n1. The molecule has 1 saturated heterocycles. The number of fused-ring (bicyclic) bond motifs is 1. The lowest BCUT2D eigenvalue weighted by molar-refractivity contribution is -0.150. The standard InChI is InChI=1S/C35H31N5O7S2/c1-21(41)47-18-22-19-48-32-28(31(43)40(32)29(22)33(44)45)37-30(42)27(39-46-2)26-20-49-34(36-26)38-35(23-12-6-3-7-13-23,24-14-8-4-9-15-24)25-16-10-5-11-17-25/h3-17,20,28,32H,18-19H2,1-2H3,(H,36,38)(H,37,42)(H,44,45)/b39-27+. The zero-order valence-electron chi connectivity index (χ0n) is 26.4. The van der Waals surface area contributed by atoms with Gasteiger partial charge in [0.25, 0.3) is 11.8 Å². The Balaban J connectivity index is 1.27. The van der Waals surface area contributed by atoms with Crippen LogP contribution >= 0.6 is 23.1 Å². The molecule has 0 aliphatic carbocycles. The fraction of sp³-hybridized carbons (Fsp3) is 0.200. The number of carbonyl (C=O) groups is 4. The Morgan fingerprint density at radius 2 is 1.55 bits per heavy atom. The van der Waals surface area contributed by atoms with E-state index >= 15 is 0 Å². The topological polar surface area (TPSA) is 160 Å². The van der Waals surface area contributed by atoms with Crippen LogP contribution < -0.4 is 10.6 Å². The third-order valence-electron chi connectivity index (χ3n) is 8.05. The van der Waals surface area contributed by atoms with E-state index in [1.807, 2.05) is 91.0 Å². The number of aliphatic carboxylic acids is 1. The van der Waals surface area contributed by atoms with Crippen molar-refractivity contribution in [3.05, 3.63) is 130 Å². The van der Waals surface area contributed by atoms with Crippen LogP contribution in [-0.2, 0) is 34.3 Å². The number of thioether (sulfide) groups is 1. The molecule has 2 amide bonds. The van der Waals surface area contributed by atoms with Crippen LogP contribution in [0, 0.1) is 0 Å². The number of nitrogens with zero attached hydrogens (tertiary/aromatic N) is 3. The highest BCUT2D eigenvalue weighted by molar-refractivity contribution is 8.00. The first-order chi connectivity index (χ1) is 23.7. The summed E-state index contributed by atoms with van der Waals surface area (Å²) in [6.45, 7) is 0.968. The molecule has 2 unspecified atom stereocenters. The maximum Gasteiger partial charge on any atom is 0.352 e. The third kappa shape index (κ3) is 6.52. The minimum atomic E-state index is -1.33. The first kappa shape index (κ1) is 33.4. The Morgan fingerprint density at radius 1 is 0.980 bits per heavy atom. The van der Waals surface area contributed by atoms with E-state index in [2.05, 4.69) is 15.8 Å². The number of aromatic nitrogens is 1. The number of rotatable bonds is 12. The van der Waals surface area contributed by atoms with Crippen molar-refractivity contribution >= 4 is 57.7 Å². The average Bonchev–Trinajstić information content (AvgIpc) is 3.59. The number of oxime groups is 1. The summed E-state index contributed by atoms with van der Waals surface area (Å²) in [6.07, 6.45) is 0. The lowest BCUT2D eigenvalue weighted by Crippen LogP contribution is -2.71. The van der Waals surface area contributed by atoms with Crippen LogP contribution in [0.1, 0.15) is 29.3 Å². The number of ether oxygens (including phenoxy) is 1. The molecule has 0 bridgehead atoms. The maximum atomic E-state index is 13.6. The van der Waals surface area contributed by atoms with Gasteiger partial charge in [0.05, 0.1) is 0 Å². The molecule has 3 heterocycles. The Hall–Kier alpha value is -5.47. The molecular weight excluding hydrogens is 667 g/mol. The molecule has 2 atom stereocenters. The molecular formula is C35H31N5O7S2. The summed E-state index contributed by atoms with van der Waals surface area (Å²) in [4.78, 5) is 61.1. The van der Waals surface area contributed by atoms with Crippen molar-refractivity contribution in [1.29, 1.82) is 0 Å². The van der Waals surface area contributed by atoms with Gasteiger partial charge in [0, 0.05) is 23.6 Å². The average molecular weight is 698 g/mol. The minimum absolute atomic E-state index is 0.159. The van der Waals surface area contributed by atoms with Gasteiger partial charge in [-0.25, -0.2) is 9.78 Å². The van der Waals surface area contributed by atoms with Gasteiger partial charge in [0.2, 0.25) is 0 Å². The van der Waals surface area contributed by atoms with Gasteiger partial charge in [-0.15, -0.1) is 23.1 Å². The van der Waals surface area contributed by atoms with Crippen LogP contribution in [0.3, 0.4) is 0 Å². The number of carbonyl (C=O) groups excluding carboxylic acids is 3. The number of anilines is 1. The molecule has 1 fully saturated rings. The van der Waals surface area contributed by atoms with Gasteiger partial charge in [-0.2, -0.15) is 0 Å². The Labute approximate surface area is 289 Å². The summed E-state index contributed by atoms with van der Waals surface area (Å²) in [6, 6.07) is 28.9. The highest BCUT2D eigenvalue weighted by Gasteiger charge is 2.54. The van der Waals surface area contributed by atoms with E-state index in [1.165, 1.54) is 37.1 Å². The highest BCUT2D eigenvalue weighted by atomic mass is 32.2. The number of nitrogens with one attached hydrogen (secondary N) is 2. The predicted molar refractivity (Wildman–Crippen MR) is 185 cm³/mol. The molecule has 0 saturated carbocycles. The summed E-state index contributed by atoms with van der Waals surface area (Å²) in [5, 5.41) is 21.6. The predicted octanol–water partition coefficient (Wildman–Crippen LogP) is 4.20. The molecule has 0 radical (unpaired) electrons. The number of β-lactam (4-membered cyclic amide) rings is 1. The van der Waals surface area contributed by atoms with E-state index < -0.39 is 40.7 Å². The van der Waals surface area contributed by atoms with Crippen molar-refractivity contribution in [3.63, 3.8) is 0 Å². The van der Waals surface area contributed by atoms with Crippen LogP contribution in [0.5, 0.6) is 0 Å². The van der Waals surface area contributed by atoms with E-state index in [4.69, 9.17) is 14.6 Å². The second kappa shape index (κ2) is 14.3. The van der Waals surface area contributed by atoms with Crippen molar-refractivity contribution < 1.29 is 33.9 Å². The number of carboxylic acids is 1. The van der Waals surface area contributed by atoms with Crippen LogP contribution in [0.15, 0.2) is 113 Å². The fourth-order valence-corrected chi connectivity index (χ4v) is 7.95. The van der Waals surface area contributed by atoms with E-state index in [1.54, 1.807) is 5.38 Å². The second-order valence-electron chi connectivity index (χ2n) is 11.0. The molecule has 49 heavy (non-hydrogen) atoms. The molecule has 14 heteroatoms. The highest BCUT2D eigenvalue weighted by Crippen LogP contribution is 2.42. The number of esters is 1. The van der Waals surface area contributed by atoms with Gasteiger partial charge in [-0.1, -0.05) is 96.2 Å². The zero-order chi connectivity index (χ0) is 34.5. The number of thiazole rings is 1. The number of carboxylic acid groups (broad SMARTS) is 1. The van der Waals surface area contributed by atoms with Crippen LogP contribution in [-0.4, -0.2) is 75.3 Å². The monoisotopic (exact) mass is 697 g/mol. The summed E-state index contributed by atoms with van der Waals surface area (Å²) < 4.78 is 4.99. The van der Waals surface area contributed by atoms with E-state index in [0.29, 0.717) is 10.7 Å². The van der Waals surface area contributed by atoms with Crippen molar-refractivity contribution in [2.45, 2.75) is 23.9 Å². The number of amides is 2. The van der Waals surface area contributed by atoms with Crippen LogP contribution in [0.2, 0.25) is 0 Å². The number of benzene rings is 3. The van der Waals surface area contributed by atoms with Crippen LogP contribution in [0.25, 0.3) is 0 Å². The molecule has 4 aromatic rings. The zero-order valence-corrected chi connectivity index (χ0v) is 28.0. The van der Waals surface area contributed by atoms with E-state index in [0.717, 1.165) is 21.6 Å². The summed E-state index contributed by atoms with van der Waals surface area (Å²) >= 11 is 2.53. The molecule has 0 spiro atoms. The van der Waals surface area contributed by atoms with Crippen molar-refractivity contribution in [3.8, 4) is 0 Å². The van der Waals surface area contributed by atoms with E-state index in [9.17, 15) is 24.3 Å². The summed E-state index contributed by atoms with van der Waals surface area (Å²) in [7, 11) is 1.30. The Morgan fingerprint density at radius 3 is 2.06 bits per heavy atom. The maximum absolute atomic E-state index is 13.6. The van der Waals surface area contributed by atoms with Gasteiger partial charge in [0.15, 0.2) is 10.8 Å². The lowest BCUT2D eigenvalue weighted by Gasteiger charge is -2.49. The van der Waals surface area contributed by atoms with Crippen molar-refractivity contribution in [2.24, 2.45) is 5.16 Å². The lowest BCUT2D eigenvalue weighted by atomic mass is 9.77.